The molecule has 1 heterocycles. The number of allylic oxidation sites excluding steroid dienone is 1. The van der Waals surface area contributed by atoms with E-state index in [0.29, 0.717) is 24.1 Å². The van der Waals surface area contributed by atoms with Crippen LogP contribution in [-0.2, 0) is 23.0 Å². The van der Waals surface area contributed by atoms with E-state index in [1.165, 1.54) is 23.8 Å². The largest absolute Gasteiger partial charge is 0.424 e. The monoisotopic (exact) mass is 478 g/mol. The summed E-state index contributed by atoms with van der Waals surface area (Å²) in [4.78, 5) is 0.0129. The molecule has 0 saturated carbocycles. The molecule has 10 heteroatoms. The van der Waals surface area contributed by atoms with Crippen molar-refractivity contribution in [1.82, 2.24) is 19.5 Å². The van der Waals surface area contributed by atoms with E-state index in [-0.39, 0.29) is 14.9 Å². The van der Waals surface area contributed by atoms with Crippen LogP contribution >= 0.6 is 23.2 Å². The summed E-state index contributed by atoms with van der Waals surface area (Å²) in [5.41, 5.74) is 2.36. The third-order valence-corrected chi connectivity index (χ3v) is 7.22. The Bertz CT molecular complexity index is 1270. The number of hydrogen-bond donors (Lipinski definition) is 1. The van der Waals surface area contributed by atoms with Crippen LogP contribution in [0.1, 0.15) is 36.8 Å². The maximum Gasteiger partial charge on any atom is 0.322 e. The number of ether oxygens (including phenoxy) is 1. The molecule has 0 saturated heterocycles. The van der Waals surface area contributed by atoms with Gasteiger partial charge in [0.1, 0.15) is 5.75 Å². The molecule has 2 aromatic carbocycles. The predicted octanol–water partition coefficient (Wildman–Crippen LogP) is 5.01. The Hall–Kier alpha value is -2.39. The van der Waals surface area contributed by atoms with Gasteiger partial charge in [0.25, 0.3) is 0 Å². The number of nitrogens with zero attached hydrogens (tertiary/aromatic N) is 3. The first-order valence-electron chi connectivity index (χ1n) is 9.66. The Morgan fingerprint density at radius 1 is 1.16 bits per heavy atom. The van der Waals surface area contributed by atoms with Crippen molar-refractivity contribution < 1.29 is 13.2 Å². The topological polar surface area (TPSA) is 86.1 Å². The van der Waals surface area contributed by atoms with Crippen molar-refractivity contribution in [2.45, 2.75) is 37.8 Å². The molecule has 3 aromatic rings. The van der Waals surface area contributed by atoms with Crippen LogP contribution in [-0.4, -0.2) is 23.2 Å². The lowest BCUT2D eigenvalue weighted by atomic mass is 10.1. The summed E-state index contributed by atoms with van der Waals surface area (Å²) in [6, 6.07) is 9.62. The van der Waals surface area contributed by atoms with Gasteiger partial charge in [0.15, 0.2) is 5.82 Å². The van der Waals surface area contributed by atoms with Gasteiger partial charge in [0.2, 0.25) is 10.0 Å². The maximum absolute atomic E-state index is 12.8. The average molecular weight is 479 g/mol. The molecule has 1 aliphatic carbocycles. The van der Waals surface area contributed by atoms with E-state index >= 15 is 0 Å². The molecule has 0 spiro atoms. The third kappa shape index (κ3) is 4.48. The van der Waals surface area contributed by atoms with Gasteiger partial charge in [-0.1, -0.05) is 46.5 Å². The van der Waals surface area contributed by atoms with Crippen LogP contribution < -0.4 is 9.46 Å². The number of hydrogen-bond acceptors (Lipinski definition) is 5. The van der Waals surface area contributed by atoms with Crippen molar-refractivity contribution in [2.75, 3.05) is 0 Å². The van der Waals surface area contributed by atoms with Crippen molar-refractivity contribution >= 4 is 39.3 Å². The van der Waals surface area contributed by atoms with Crippen LogP contribution in [0.15, 0.2) is 47.4 Å². The Morgan fingerprint density at radius 3 is 2.71 bits per heavy atom. The fourth-order valence-electron chi connectivity index (χ4n) is 3.39. The number of halogens is 2. The quantitative estimate of drug-likeness (QED) is 0.515. The number of sulfonamides is 1. The van der Waals surface area contributed by atoms with Crippen molar-refractivity contribution in [3.05, 3.63) is 69.5 Å². The SMILES string of the molecule is CCn1c(Oc2ccc3c(c2)C=CC3)nnc1[C@@H](C)NS(=O)(=O)c1ccc(Cl)c(Cl)c1. The molecule has 0 aliphatic heterocycles. The van der Waals surface area contributed by atoms with Crippen LogP contribution in [0.2, 0.25) is 10.0 Å². The standard InChI is InChI=1S/C21H20Cl2N4O3S/c1-3-27-20(13(2)26-31(28,29)17-9-10-18(22)19(23)12-17)24-25-21(27)30-16-8-7-14-5-4-6-15(14)11-16/h4,6-13,26H,3,5H2,1-2H3/t13-/m1/s1. The summed E-state index contributed by atoms with van der Waals surface area (Å²) in [6.45, 7) is 4.10. The number of fused-ring (bicyclic) bond motifs is 1. The lowest BCUT2D eigenvalue weighted by Gasteiger charge is -2.15. The van der Waals surface area contributed by atoms with Gasteiger partial charge in [0.05, 0.1) is 21.0 Å². The van der Waals surface area contributed by atoms with Gasteiger partial charge in [-0.05, 0) is 61.7 Å². The number of nitrogens with one attached hydrogen (secondary N) is 1. The highest BCUT2D eigenvalue weighted by atomic mass is 35.5. The van der Waals surface area contributed by atoms with E-state index in [9.17, 15) is 8.42 Å². The van der Waals surface area contributed by atoms with E-state index in [2.05, 4.69) is 27.1 Å². The molecule has 31 heavy (non-hydrogen) atoms. The van der Waals surface area contributed by atoms with Crippen molar-refractivity contribution in [3.8, 4) is 11.8 Å². The zero-order valence-electron chi connectivity index (χ0n) is 16.8. The summed E-state index contributed by atoms with van der Waals surface area (Å²) in [5.74, 6) is 1.07. The van der Waals surface area contributed by atoms with Gasteiger partial charge >= 0.3 is 6.01 Å². The first-order valence-corrected chi connectivity index (χ1v) is 11.9. The van der Waals surface area contributed by atoms with Gasteiger partial charge in [-0.15, -0.1) is 5.10 Å². The highest BCUT2D eigenvalue weighted by Gasteiger charge is 2.24. The highest BCUT2D eigenvalue weighted by molar-refractivity contribution is 7.89. The van der Waals surface area contributed by atoms with E-state index in [0.717, 1.165) is 12.0 Å². The molecular weight excluding hydrogens is 459 g/mol. The molecule has 1 aliphatic rings. The average Bonchev–Trinajstić information content (AvgIpc) is 3.35. The van der Waals surface area contributed by atoms with Gasteiger partial charge in [-0.25, -0.2) is 13.1 Å². The fourth-order valence-corrected chi connectivity index (χ4v) is 4.98. The highest BCUT2D eigenvalue weighted by Crippen LogP contribution is 2.29. The Morgan fingerprint density at radius 2 is 1.97 bits per heavy atom. The lowest BCUT2D eigenvalue weighted by molar-refractivity contribution is 0.407. The second kappa shape index (κ2) is 8.63. The normalized spacial score (nSPS) is 13.9. The van der Waals surface area contributed by atoms with E-state index in [1.54, 1.807) is 11.5 Å². The van der Waals surface area contributed by atoms with Gasteiger partial charge in [-0.2, -0.15) is 0 Å². The number of rotatable bonds is 7. The molecule has 1 aromatic heterocycles. The fraction of sp³-hybridized carbons (Fsp3) is 0.238. The van der Waals surface area contributed by atoms with Crippen LogP contribution in [0.3, 0.4) is 0 Å². The molecule has 0 amide bonds. The van der Waals surface area contributed by atoms with Crippen molar-refractivity contribution in [1.29, 1.82) is 0 Å². The van der Waals surface area contributed by atoms with Gasteiger partial charge < -0.3 is 4.74 Å². The van der Waals surface area contributed by atoms with E-state index < -0.39 is 16.1 Å². The molecule has 7 nitrogen and oxygen atoms in total. The zero-order valence-corrected chi connectivity index (χ0v) is 19.2. The first kappa shape index (κ1) is 21.8. The van der Waals surface area contributed by atoms with Gasteiger partial charge in [-0.3, -0.25) is 4.57 Å². The van der Waals surface area contributed by atoms with E-state index in [1.807, 2.05) is 25.1 Å². The Balaban J connectivity index is 1.56. The van der Waals surface area contributed by atoms with Crippen LogP contribution in [0, 0.1) is 0 Å². The minimum absolute atomic E-state index is 0.0129. The zero-order chi connectivity index (χ0) is 22.2. The second-order valence-corrected chi connectivity index (χ2v) is 9.60. The molecule has 1 atom stereocenters. The molecule has 1 N–H and O–H groups in total. The molecule has 0 unspecified atom stereocenters. The Labute approximate surface area is 190 Å². The minimum atomic E-state index is -3.85. The lowest BCUT2D eigenvalue weighted by Crippen LogP contribution is -2.29. The molecule has 4 rings (SSSR count). The van der Waals surface area contributed by atoms with E-state index in [4.69, 9.17) is 27.9 Å². The first-order chi connectivity index (χ1) is 14.8. The summed E-state index contributed by atoms with van der Waals surface area (Å²) < 4.78 is 35.8. The van der Waals surface area contributed by atoms with Crippen LogP contribution in [0.4, 0.5) is 0 Å². The summed E-state index contributed by atoms with van der Waals surface area (Å²) >= 11 is 11.9. The second-order valence-electron chi connectivity index (χ2n) is 7.07. The summed E-state index contributed by atoms with van der Waals surface area (Å²) in [7, 11) is -3.85. The summed E-state index contributed by atoms with van der Waals surface area (Å²) in [6.07, 6.45) is 5.07. The van der Waals surface area contributed by atoms with Gasteiger partial charge in [0, 0.05) is 6.54 Å². The van der Waals surface area contributed by atoms with Crippen LogP contribution in [0.5, 0.6) is 11.8 Å². The Kier molecular flexibility index (Phi) is 6.07. The van der Waals surface area contributed by atoms with Crippen LogP contribution in [0.25, 0.3) is 6.08 Å². The maximum atomic E-state index is 12.8. The number of benzene rings is 2. The molecular formula is C21H20Cl2N4O3S. The summed E-state index contributed by atoms with van der Waals surface area (Å²) in [5, 5.41) is 8.73. The molecule has 162 valence electrons. The predicted molar refractivity (Wildman–Crippen MR) is 120 cm³/mol. The third-order valence-electron chi connectivity index (χ3n) is 4.94. The molecule has 0 bridgehead atoms. The molecule has 0 radical (unpaired) electrons. The smallest absolute Gasteiger partial charge is 0.322 e. The minimum Gasteiger partial charge on any atom is -0.424 e. The number of aromatic nitrogens is 3. The van der Waals surface area contributed by atoms with Crippen molar-refractivity contribution in [3.63, 3.8) is 0 Å². The van der Waals surface area contributed by atoms with Crippen molar-refractivity contribution in [2.24, 2.45) is 0 Å². The molecule has 0 fully saturated rings.